The Morgan fingerprint density at radius 1 is 1.45 bits per heavy atom. The zero-order valence-corrected chi connectivity index (χ0v) is 11.6. The Balaban J connectivity index is 1.79. The summed E-state index contributed by atoms with van der Waals surface area (Å²) in [7, 11) is 1.77. The molecule has 0 spiro atoms. The molecular formula is C15H19N3O2. The average molecular weight is 273 g/mol. The number of amides is 2. The Kier molecular flexibility index (Phi) is 3.34. The number of carbonyl (C=O) groups is 2. The number of hydrogen-bond donors (Lipinski definition) is 2. The lowest BCUT2D eigenvalue weighted by atomic mass is 9.97. The van der Waals surface area contributed by atoms with Crippen molar-refractivity contribution < 1.29 is 9.59 Å². The van der Waals surface area contributed by atoms with Gasteiger partial charge in [0, 0.05) is 31.4 Å². The first-order chi connectivity index (χ1) is 9.66. The summed E-state index contributed by atoms with van der Waals surface area (Å²) < 4.78 is 0. The van der Waals surface area contributed by atoms with Crippen molar-refractivity contribution in [1.82, 2.24) is 10.2 Å². The molecule has 1 saturated heterocycles. The number of nitrogens with zero attached hydrogens (tertiary/aromatic N) is 1. The summed E-state index contributed by atoms with van der Waals surface area (Å²) in [5, 5.41) is 6.18. The minimum atomic E-state index is -0.375. The summed E-state index contributed by atoms with van der Waals surface area (Å²) in [5.74, 6) is -0.138. The fourth-order valence-electron chi connectivity index (χ4n) is 2.92. The highest BCUT2D eigenvalue weighted by Crippen LogP contribution is 2.25. The molecule has 0 aliphatic carbocycles. The van der Waals surface area contributed by atoms with E-state index < -0.39 is 0 Å². The Labute approximate surface area is 118 Å². The van der Waals surface area contributed by atoms with Crippen LogP contribution in [0.4, 0.5) is 5.69 Å². The molecule has 2 aliphatic heterocycles. The van der Waals surface area contributed by atoms with Crippen LogP contribution < -0.4 is 10.6 Å². The molecule has 20 heavy (non-hydrogen) atoms. The molecule has 1 atom stereocenters. The van der Waals surface area contributed by atoms with Gasteiger partial charge < -0.3 is 15.5 Å². The predicted molar refractivity (Wildman–Crippen MR) is 76.8 cm³/mol. The molecule has 5 heteroatoms. The number of nitrogens with one attached hydrogen (secondary N) is 2. The SMILES string of the molecule is CN1CCC(NC(=O)c2cccc3c2CCCN3)C1=O. The van der Waals surface area contributed by atoms with Gasteiger partial charge in [-0.2, -0.15) is 0 Å². The van der Waals surface area contributed by atoms with Crippen LogP contribution in [0.25, 0.3) is 0 Å². The van der Waals surface area contributed by atoms with Gasteiger partial charge in [0.05, 0.1) is 0 Å². The van der Waals surface area contributed by atoms with Gasteiger partial charge in [0.2, 0.25) is 5.91 Å². The molecule has 2 heterocycles. The van der Waals surface area contributed by atoms with Gasteiger partial charge in [0.25, 0.3) is 5.91 Å². The highest BCUT2D eigenvalue weighted by Gasteiger charge is 2.31. The molecule has 0 saturated carbocycles. The number of rotatable bonds is 2. The molecule has 1 aromatic rings. The molecule has 0 bridgehead atoms. The molecule has 1 aromatic carbocycles. The molecule has 1 unspecified atom stereocenters. The van der Waals surface area contributed by atoms with Gasteiger partial charge in [-0.05, 0) is 37.0 Å². The Bertz CT molecular complexity index is 556. The van der Waals surface area contributed by atoms with Gasteiger partial charge in [0.1, 0.15) is 6.04 Å². The van der Waals surface area contributed by atoms with Crippen LogP contribution in [0.3, 0.4) is 0 Å². The second-order valence-corrected chi connectivity index (χ2v) is 5.44. The molecule has 5 nitrogen and oxygen atoms in total. The van der Waals surface area contributed by atoms with E-state index in [0.717, 1.165) is 30.6 Å². The standard InChI is InChI=1S/C15H19N3O2/c1-18-9-7-13(15(18)20)17-14(19)11-4-2-6-12-10(11)5-3-8-16-12/h2,4,6,13,16H,3,5,7-9H2,1H3,(H,17,19). The monoisotopic (exact) mass is 273 g/mol. The minimum absolute atomic E-state index is 0.00118. The van der Waals surface area contributed by atoms with Crippen molar-refractivity contribution in [2.75, 3.05) is 25.5 Å². The van der Waals surface area contributed by atoms with E-state index >= 15 is 0 Å². The zero-order valence-electron chi connectivity index (χ0n) is 11.6. The molecular weight excluding hydrogens is 254 g/mol. The van der Waals surface area contributed by atoms with Crippen LogP contribution in [0, 0.1) is 0 Å². The molecule has 0 radical (unpaired) electrons. The number of hydrogen-bond acceptors (Lipinski definition) is 3. The van der Waals surface area contributed by atoms with E-state index in [2.05, 4.69) is 10.6 Å². The van der Waals surface area contributed by atoms with Crippen LogP contribution in [0.1, 0.15) is 28.8 Å². The van der Waals surface area contributed by atoms with Gasteiger partial charge in [-0.25, -0.2) is 0 Å². The second kappa shape index (κ2) is 5.15. The highest BCUT2D eigenvalue weighted by atomic mass is 16.2. The van der Waals surface area contributed by atoms with Crippen LogP contribution in [-0.4, -0.2) is 42.9 Å². The number of benzene rings is 1. The van der Waals surface area contributed by atoms with E-state index in [9.17, 15) is 9.59 Å². The fourth-order valence-corrected chi connectivity index (χ4v) is 2.92. The third kappa shape index (κ3) is 2.24. The van der Waals surface area contributed by atoms with Gasteiger partial charge in [-0.15, -0.1) is 0 Å². The van der Waals surface area contributed by atoms with Crippen LogP contribution in [0.15, 0.2) is 18.2 Å². The maximum Gasteiger partial charge on any atom is 0.252 e. The Morgan fingerprint density at radius 2 is 2.30 bits per heavy atom. The molecule has 2 amide bonds. The van der Waals surface area contributed by atoms with E-state index in [4.69, 9.17) is 0 Å². The van der Waals surface area contributed by atoms with Crippen molar-refractivity contribution in [2.24, 2.45) is 0 Å². The first-order valence-corrected chi connectivity index (χ1v) is 7.08. The fraction of sp³-hybridized carbons (Fsp3) is 0.467. The summed E-state index contributed by atoms with van der Waals surface area (Å²) in [6, 6.07) is 5.35. The summed E-state index contributed by atoms with van der Waals surface area (Å²) in [5.41, 5.74) is 2.80. The van der Waals surface area contributed by atoms with Gasteiger partial charge >= 0.3 is 0 Å². The molecule has 2 aliphatic rings. The van der Waals surface area contributed by atoms with Crippen LogP contribution in [0.2, 0.25) is 0 Å². The van der Waals surface area contributed by atoms with Gasteiger partial charge in [-0.3, -0.25) is 9.59 Å². The summed E-state index contributed by atoms with van der Waals surface area (Å²) >= 11 is 0. The molecule has 0 aromatic heterocycles. The zero-order chi connectivity index (χ0) is 14.1. The predicted octanol–water partition coefficient (Wildman–Crippen LogP) is 1.01. The Morgan fingerprint density at radius 3 is 3.05 bits per heavy atom. The minimum Gasteiger partial charge on any atom is -0.385 e. The van der Waals surface area contributed by atoms with Crippen LogP contribution in [-0.2, 0) is 11.2 Å². The van der Waals surface area contributed by atoms with Crippen LogP contribution in [0.5, 0.6) is 0 Å². The molecule has 106 valence electrons. The summed E-state index contributed by atoms with van der Waals surface area (Å²) in [4.78, 5) is 25.9. The molecule has 1 fully saturated rings. The van der Waals surface area contributed by atoms with Crippen molar-refractivity contribution in [3.05, 3.63) is 29.3 Å². The highest BCUT2D eigenvalue weighted by molar-refractivity contribution is 6.00. The van der Waals surface area contributed by atoms with Crippen molar-refractivity contribution in [1.29, 1.82) is 0 Å². The molecule has 3 rings (SSSR count). The third-order valence-electron chi connectivity index (χ3n) is 4.07. The topological polar surface area (TPSA) is 61.4 Å². The lowest BCUT2D eigenvalue weighted by molar-refractivity contribution is -0.128. The number of carbonyl (C=O) groups excluding carboxylic acids is 2. The van der Waals surface area contributed by atoms with E-state index in [-0.39, 0.29) is 17.9 Å². The maximum atomic E-state index is 12.4. The lowest BCUT2D eigenvalue weighted by Crippen LogP contribution is -2.41. The van der Waals surface area contributed by atoms with Crippen LogP contribution >= 0.6 is 0 Å². The summed E-state index contributed by atoms with van der Waals surface area (Å²) in [6.45, 7) is 1.65. The smallest absolute Gasteiger partial charge is 0.252 e. The first-order valence-electron chi connectivity index (χ1n) is 7.08. The largest absolute Gasteiger partial charge is 0.385 e. The number of likely N-dealkylation sites (N-methyl/N-ethyl adjacent to an activating group) is 1. The normalized spacial score (nSPS) is 21.4. The lowest BCUT2D eigenvalue weighted by Gasteiger charge is -2.21. The van der Waals surface area contributed by atoms with Gasteiger partial charge in [-0.1, -0.05) is 6.07 Å². The number of anilines is 1. The second-order valence-electron chi connectivity index (χ2n) is 5.44. The number of fused-ring (bicyclic) bond motifs is 1. The van der Waals surface area contributed by atoms with E-state index in [0.29, 0.717) is 18.5 Å². The average Bonchev–Trinajstić information content (AvgIpc) is 2.78. The summed E-state index contributed by atoms with van der Waals surface area (Å²) in [6.07, 6.45) is 2.63. The Hall–Kier alpha value is -2.04. The van der Waals surface area contributed by atoms with Crippen molar-refractivity contribution in [2.45, 2.75) is 25.3 Å². The third-order valence-corrected chi connectivity index (χ3v) is 4.07. The van der Waals surface area contributed by atoms with Crippen molar-refractivity contribution in [3.63, 3.8) is 0 Å². The van der Waals surface area contributed by atoms with E-state index in [1.165, 1.54) is 0 Å². The quantitative estimate of drug-likeness (QED) is 0.845. The van der Waals surface area contributed by atoms with Crippen molar-refractivity contribution >= 4 is 17.5 Å². The van der Waals surface area contributed by atoms with E-state index in [1.54, 1.807) is 11.9 Å². The first kappa shape index (κ1) is 13.0. The van der Waals surface area contributed by atoms with Crippen molar-refractivity contribution in [3.8, 4) is 0 Å². The maximum absolute atomic E-state index is 12.4. The number of likely N-dealkylation sites (tertiary alicyclic amines) is 1. The van der Waals surface area contributed by atoms with E-state index in [1.807, 2.05) is 18.2 Å². The molecule has 2 N–H and O–H groups in total. The van der Waals surface area contributed by atoms with Gasteiger partial charge in [0.15, 0.2) is 0 Å².